The predicted molar refractivity (Wildman–Crippen MR) is 38.1 cm³/mol. The molecular formula is C6H8N2O2Si. The lowest BCUT2D eigenvalue weighted by atomic mass is 10.5. The lowest BCUT2D eigenvalue weighted by molar-refractivity contribution is 0.229. The average Bonchev–Trinajstić information content (AvgIpc) is 2.03. The van der Waals surface area contributed by atoms with Crippen molar-refractivity contribution < 1.29 is 8.85 Å². The standard InChI is InChI=1S/C6H8N2O2Si/c7-3-1-5-9-11-10-6-2-4-8/h1-2,5-6H2. The van der Waals surface area contributed by atoms with E-state index in [1.54, 1.807) is 0 Å². The van der Waals surface area contributed by atoms with Gasteiger partial charge in [0.05, 0.1) is 25.0 Å². The van der Waals surface area contributed by atoms with Crippen LogP contribution in [0.4, 0.5) is 0 Å². The second kappa shape index (κ2) is 9.12. The highest BCUT2D eigenvalue weighted by Crippen LogP contribution is 1.81. The van der Waals surface area contributed by atoms with Gasteiger partial charge >= 0.3 is 10.0 Å². The van der Waals surface area contributed by atoms with Gasteiger partial charge in [-0.15, -0.1) is 0 Å². The minimum Gasteiger partial charge on any atom is -0.392 e. The fraction of sp³-hybridized carbons (Fsp3) is 0.667. The van der Waals surface area contributed by atoms with Crippen molar-refractivity contribution in [1.29, 1.82) is 10.5 Å². The van der Waals surface area contributed by atoms with Crippen LogP contribution in [0.1, 0.15) is 12.8 Å². The van der Waals surface area contributed by atoms with Crippen LogP contribution in [-0.4, -0.2) is 23.2 Å². The molecule has 4 nitrogen and oxygen atoms in total. The molecule has 0 spiro atoms. The summed E-state index contributed by atoms with van der Waals surface area (Å²) in [6.07, 6.45) is 0.767. The van der Waals surface area contributed by atoms with Gasteiger partial charge in [0, 0.05) is 13.2 Å². The van der Waals surface area contributed by atoms with E-state index < -0.39 is 0 Å². The summed E-state index contributed by atoms with van der Waals surface area (Å²) in [4.78, 5) is 0. The van der Waals surface area contributed by atoms with Gasteiger partial charge in [-0.3, -0.25) is 0 Å². The summed E-state index contributed by atoms with van der Waals surface area (Å²) < 4.78 is 9.79. The zero-order chi connectivity index (χ0) is 8.36. The van der Waals surface area contributed by atoms with Crippen molar-refractivity contribution in [3.63, 3.8) is 0 Å². The molecule has 0 N–H and O–H groups in total. The smallest absolute Gasteiger partial charge is 0.392 e. The SMILES string of the molecule is N#CCCO[Si]OCCC#N. The fourth-order valence-corrected chi connectivity index (χ4v) is 0.772. The van der Waals surface area contributed by atoms with Crippen LogP contribution in [0.15, 0.2) is 0 Å². The molecule has 0 atom stereocenters. The van der Waals surface area contributed by atoms with E-state index in [1.165, 1.54) is 0 Å². The lowest BCUT2D eigenvalue weighted by Gasteiger charge is -1.97. The van der Waals surface area contributed by atoms with Crippen LogP contribution >= 0.6 is 0 Å². The first-order chi connectivity index (χ1) is 5.41. The van der Waals surface area contributed by atoms with Crippen molar-refractivity contribution in [2.45, 2.75) is 12.8 Å². The second-order valence-electron chi connectivity index (χ2n) is 1.60. The zero-order valence-electron chi connectivity index (χ0n) is 6.04. The van der Waals surface area contributed by atoms with Gasteiger partial charge in [0.2, 0.25) is 0 Å². The molecule has 0 unspecified atom stereocenters. The Morgan fingerprint density at radius 1 is 1.00 bits per heavy atom. The highest BCUT2D eigenvalue weighted by molar-refractivity contribution is 6.17. The molecule has 0 aliphatic heterocycles. The first-order valence-corrected chi connectivity index (χ1v) is 3.96. The van der Waals surface area contributed by atoms with E-state index in [1.807, 2.05) is 12.1 Å². The highest BCUT2D eigenvalue weighted by Gasteiger charge is 1.91. The van der Waals surface area contributed by atoms with Gasteiger partial charge in [-0.1, -0.05) is 0 Å². The lowest BCUT2D eigenvalue weighted by Crippen LogP contribution is -2.06. The van der Waals surface area contributed by atoms with E-state index in [0.29, 0.717) is 26.1 Å². The molecule has 2 radical (unpaired) electrons. The molecule has 0 saturated carbocycles. The molecule has 0 saturated heterocycles. The Balaban J connectivity index is 2.82. The molecular weight excluding hydrogens is 160 g/mol. The Morgan fingerprint density at radius 3 is 1.82 bits per heavy atom. The third kappa shape index (κ3) is 9.12. The van der Waals surface area contributed by atoms with Gasteiger partial charge in [0.1, 0.15) is 0 Å². The number of hydrogen-bond donors (Lipinski definition) is 0. The van der Waals surface area contributed by atoms with E-state index in [2.05, 4.69) is 0 Å². The monoisotopic (exact) mass is 168 g/mol. The summed E-state index contributed by atoms with van der Waals surface area (Å²) in [5, 5.41) is 16.2. The first-order valence-electron chi connectivity index (χ1n) is 3.14. The number of nitriles is 2. The van der Waals surface area contributed by atoms with E-state index in [9.17, 15) is 0 Å². The third-order valence-electron chi connectivity index (χ3n) is 0.750. The van der Waals surface area contributed by atoms with Crippen LogP contribution in [0.5, 0.6) is 0 Å². The Morgan fingerprint density at radius 2 is 1.45 bits per heavy atom. The van der Waals surface area contributed by atoms with Crippen LogP contribution < -0.4 is 0 Å². The first kappa shape index (κ1) is 10.1. The molecule has 0 amide bonds. The average molecular weight is 168 g/mol. The minimum atomic E-state index is -0.0503. The molecule has 0 aromatic carbocycles. The minimum absolute atomic E-state index is 0.0503. The highest BCUT2D eigenvalue weighted by atomic mass is 28.3. The second-order valence-corrected chi connectivity index (χ2v) is 2.34. The van der Waals surface area contributed by atoms with Crippen LogP contribution in [-0.2, 0) is 8.85 Å². The van der Waals surface area contributed by atoms with Crippen molar-refractivity contribution >= 4 is 10.0 Å². The number of nitrogens with zero attached hydrogens (tertiary/aromatic N) is 2. The van der Waals surface area contributed by atoms with Crippen molar-refractivity contribution in [1.82, 2.24) is 0 Å². The number of rotatable bonds is 6. The van der Waals surface area contributed by atoms with Crippen LogP contribution in [0.3, 0.4) is 0 Å². The third-order valence-corrected chi connectivity index (χ3v) is 1.39. The Hall–Kier alpha value is -0.883. The van der Waals surface area contributed by atoms with Crippen molar-refractivity contribution in [3.8, 4) is 12.1 Å². The summed E-state index contributed by atoms with van der Waals surface area (Å²) in [5.41, 5.74) is 0. The van der Waals surface area contributed by atoms with Crippen LogP contribution in [0.2, 0.25) is 0 Å². The molecule has 58 valence electrons. The zero-order valence-corrected chi connectivity index (χ0v) is 7.04. The molecule has 5 heteroatoms. The van der Waals surface area contributed by atoms with Gasteiger partial charge in [-0.25, -0.2) is 0 Å². The maximum Gasteiger partial charge on any atom is 0.433 e. The van der Waals surface area contributed by atoms with E-state index in [-0.39, 0.29) is 10.0 Å². The van der Waals surface area contributed by atoms with E-state index in [4.69, 9.17) is 19.4 Å². The Labute approximate surface area is 68.4 Å². The van der Waals surface area contributed by atoms with Gasteiger partial charge in [0.25, 0.3) is 0 Å². The van der Waals surface area contributed by atoms with Gasteiger partial charge in [0.15, 0.2) is 0 Å². The van der Waals surface area contributed by atoms with Crippen LogP contribution in [0, 0.1) is 22.7 Å². The Bertz CT molecular complexity index is 143. The van der Waals surface area contributed by atoms with Crippen LogP contribution in [0.25, 0.3) is 0 Å². The van der Waals surface area contributed by atoms with Crippen molar-refractivity contribution in [3.05, 3.63) is 0 Å². The van der Waals surface area contributed by atoms with Gasteiger partial charge in [-0.05, 0) is 0 Å². The maximum atomic E-state index is 8.10. The van der Waals surface area contributed by atoms with Crippen molar-refractivity contribution in [2.75, 3.05) is 13.2 Å². The van der Waals surface area contributed by atoms with E-state index >= 15 is 0 Å². The van der Waals surface area contributed by atoms with Crippen molar-refractivity contribution in [2.24, 2.45) is 0 Å². The Kier molecular flexibility index (Phi) is 8.38. The summed E-state index contributed by atoms with van der Waals surface area (Å²) >= 11 is 0. The molecule has 0 rings (SSSR count). The largest absolute Gasteiger partial charge is 0.433 e. The summed E-state index contributed by atoms with van der Waals surface area (Å²) in [6.45, 7) is 0.809. The quantitative estimate of drug-likeness (QED) is 0.425. The normalized spacial score (nSPS) is 8.55. The topological polar surface area (TPSA) is 66.0 Å². The molecule has 0 aromatic heterocycles. The maximum absolute atomic E-state index is 8.10. The molecule has 0 fully saturated rings. The summed E-state index contributed by atoms with van der Waals surface area (Å²) in [6, 6.07) is 3.88. The molecule has 0 bridgehead atoms. The fourth-order valence-electron chi connectivity index (χ4n) is 0.318. The summed E-state index contributed by atoms with van der Waals surface area (Å²) in [5.74, 6) is 0. The molecule has 0 aromatic rings. The molecule has 0 aliphatic carbocycles. The molecule has 0 heterocycles. The molecule has 11 heavy (non-hydrogen) atoms. The number of hydrogen-bond acceptors (Lipinski definition) is 4. The summed E-state index contributed by atoms with van der Waals surface area (Å²) in [7, 11) is -0.0503. The van der Waals surface area contributed by atoms with Gasteiger partial charge in [-0.2, -0.15) is 10.5 Å². The van der Waals surface area contributed by atoms with E-state index in [0.717, 1.165) is 0 Å². The van der Waals surface area contributed by atoms with Gasteiger partial charge < -0.3 is 8.85 Å². The predicted octanol–water partition coefficient (Wildman–Crippen LogP) is 0.381. The molecule has 0 aliphatic rings.